The normalized spacial score (nSPS) is 19.7. The van der Waals surface area contributed by atoms with Crippen LogP contribution in [0, 0.1) is 0 Å². The summed E-state index contributed by atoms with van der Waals surface area (Å²) in [6.45, 7) is 2.38. The number of hydrogen-bond donors (Lipinski definition) is 2. The number of nitrogens with zero attached hydrogens (tertiary/aromatic N) is 2. The fourth-order valence-corrected chi connectivity index (χ4v) is 3.25. The first-order chi connectivity index (χ1) is 11.6. The summed E-state index contributed by atoms with van der Waals surface area (Å²) < 4.78 is 0. The van der Waals surface area contributed by atoms with Crippen LogP contribution in [0.25, 0.3) is 0 Å². The highest BCUT2D eigenvalue weighted by Gasteiger charge is 2.36. The molecule has 2 aliphatic heterocycles. The fraction of sp³-hybridized carbons (Fsp3) is 0.471. The molecule has 2 saturated heterocycles. The average molecular weight is 330 g/mol. The highest BCUT2D eigenvalue weighted by atomic mass is 16.2. The van der Waals surface area contributed by atoms with Crippen molar-refractivity contribution in [3.63, 3.8) is 0 Å². The van der Waals surface area contributed by atoms with E-state index >= 15 is 0 Å². The van der Waals surface area contributed by atoms with Crippen molar-refractivity contribution in [3.8, 4) is 0 Å². The van der Waals surface area contributed by atoms with Crippen molar-refractivity contribution < 1.29 is 14.4 Å². The summed E-state index contributed by atoms with van der Waals surface area (Å²) in [4.78, 5) is 39.3. The second kappa shape index (κ2) is 6.90. The molecule has 1 unspecified atom stereocenters. The second-order valence-electron chi connectivity index (χ2n) is 6.15. The molecule has 3 rings (SSSR count). The summed E-state index contributed by atoms with van der Waals surface area (Å²) in [5.41, 5.74) is 1.58. The lowest BCUT2D eigenvalue weighted by molar-refractivity contribution is -0.133. The molecule has 0 aliphatic carbocycles. The lowest BCUT2D eigenvalue weighted by Gasteiger charge is -2.36. The lowest BCUT2D eigenvalue weighted by atomic mass is 10.0. The molecule has 2 heterocycles. The van der Waals surface area contributed by atoms with Crippen molar-refractivity contribution in [2.75, 3.05) is 33.2 Å². The third kappa shape index (κ3) is 3.34. The molecule has 2 N–H and O–H groups in total. The zero-order valence-electron chi connectivity index (χ0n) is 13.7. The summed E-state index contributed by atoms with van der Waals surface area (Å²) >= 11 is 0. The smallest absolute Gasteiger partial charge is 0.317 e. The third-order valence-electron chi connectivity index (χ3n) is 4.63. The number of carbonyl (C=O) groups excluding carboxylic acids is 3. The van der Waals surface area contributed by atoms with Crippen LogP contribution >= 0.6 is 0 Å². The molecular weight excluding hydrogens is 308 g/mol. The highest BCUT2D eigenvalue weighted by molar-refractivity contribution is 5.94. The Morgan fingerprint density at radius 1 is 1.33 bits per heavy atom. The van der Waals surface area contributed by atoms with Gasteiger partial charge in [-0.25, -0.2) is 4.79 Å². The van der Waals surface area contributed by atoms with Crippen LogP contribution in [0.1, 0.15) is 22.3 Å². The summed E-state index contributed by atoms with van der Waals surface area (Å²) in [5.74, 6) is -0.0305. The van der Waals surface area contributed by atoms with Gasteiger partial charge in [-0.05, 0) is 24.1 Å². The van der Waals surface area contributed by atoms with Crippen LogP contribution < -0.4 is 10.6 Å². The van der Waals surface area contributed by atoms with Gasteiger partial charge < -0.3 is 20.4 Å². The minimum atomic E-state index is -0.127. The van der Waals surface area contributed by atoms with Crippen LogP contribution in [0.5, 0.6) is 0 Å². The van der Waals surface area contributed by atoms with Crippen LogP contribution in [0.2, 0.25) is 0 Å². The molecule has 7 nitrogen and oxygen atoms in total. The zero-order chi connectivity index (χ0) is 17.1. The van der Waals surface area contributed by atoms with E-state index in [4.69, 9.17) is 0 Å². The van der Waals surface area contributed by atoms with E-state index in [2.05, 4.69) is 10.6 Å². The molecule has 1 aromatic carbocycles. The van der Waals surface area contributed by atoms with E-state index in [0.29, 0.717) is 44.6 Å². The SMILES string of the molecule is CNC(=O)c1cccc(CCC(=O)N2CCN3C(=O)NCC3C2)c1. The molecular formula is C17H22N4O3. The van der Waals surface area contributed by atoms with Gasteiger partial charge in [-0.1, -0.05) is 12.1 Å². The third-order valence-corrected chi connectivity index (χ3v) is 4.63. The predicted octanol–water partition coefficient (Wildman–Crippen LogP) is 0.215. The van der Waals surface area contributed by atoms with Crippen molar-refractivity contribution in [1.29, 1.82) is 0 Å². The Morgan fingerprint density at radius 3 is 2.96 bits per heavy atom. The number of urea groups is 1. The van der Waals surface area contributed by atoms with Gasteiger partial charge in [0.15, 0.2) is 0 Å². The molecule has 1 aromatic rings. The Balaban J connectivity index is 1.54. The minimum absolute atomic E-state index is 0.0295. The van der Waals surface area contributed by atoms with Crippen molar-refractivity contribution in [3.05, 3.63) is 35.4 Å². The Labute approximate surface area is 141 Å². The molecule has 24 heavy (non-hydrogen) atoms. The van der Waals surface area contributed by atoms with Gasteiger partial charge in [0.2, 0.25) is 5.91 Å². The minimum Gasteiger partial charge on any atom is -0.355 e. The molecule has 0 saturated carbocycles. The number of rotatable bonds is 4. The molecule has 7 heteroatoms. The molecule has 2 aliphatic rings. The molecule has 4 amide bonds. The number of hydrogen-bond acceptors (Lipinski definition) is 3. The first-order valence-electron chi connectivity index (χ1n) is 8.21. The maximum Gasteiger partial charge on any atom is 0.317 e. The number of carbonyl (C=O) groups is 3. The quantitative estimate of drug-likeness (QED) is 0.828. The van der Waals surface area contributed by atoms with Crippen LogP contribution in [0.4, 0.5) is 4.79 Å². The van der Waals surface area contributed by atoms with Gasteiger partial charge in [-0.15, -0.1) is 0 Å². The lowest BCUT2D eigenvalue weighted by Crippen LogP contribution is -2.53. The fourth-order valence-electron chi connectivity index (χ4n) is 3.25. The number of nitrogens with one attached hydrogen (secondary N) is 2. The highest BCUT2D eigenvalue weighted by Crippen LogP contribution is 2.16. The maximum atomic E-state index is 12.4. The van der Waals surface area contributed by atoms with Crippen molar-refractivity contribution in [2.24, 2.45) is 0 Å². The second-order valence-corrected chi connectivity index (χ2v) is 6.15. The summed E-state index contributed by atoms with van der Waals surface area (Å²) in [6, 6.07) is 7.40. The Kier molecular flexibility index (Phi) is 4.69. The van der Waals surface area contributed by atoms with Gasteiger partial charge in [0.1, 0.15) is 0 Å². The van der Waals surface area contributed by atoms with Gasteiger partial charge in [0.05, 0.1) is 6.04 Å². The van der Waals surface area contributed by atoms with Crippen molar-refractivity contribution >= 4 is 17.8 Å². The first-order valence-corrected chi connectivity index (χ1v) is 8.21. The number of fused-ring (bicyclic) bond motifs is 1. The topological polar surface area (TPSA) is 81.8 Å². The van der Waals surface area contributed by atoms with Gasteiger partial charge in [-0.2, -0.15) is 0 Å². The van der Waals surface area contributed by atoms with E-state index in [-0.39, 0.29) is 23.9 Å². The van der Waals surface area contributed by atoms with E-state index in [1.165, 1.54) is 0 Å². The van der Waals surface area contributed by atoms with E-state index in [9.17, 15) is 14.4 Å². The molecule has 0 spiro atoms. The number of aryl methyl sites for hydroxylation is 1. The van der Waals surface area contributed by atoms with Crippen LogP contribution in [0.3, 0.4) is 0 Å². The summed E-state index contributed by atoms with van der Waals surface area (Å²) in [5, 5.41) is 5.41. The standard InChI is InChI=1S/C17H22N4O3/c1-18-16(23)13-4-2-3-12(9-13)5-6-15(22)20-7-8-21-14(11-20)10-19-17(21)24/h2-4,9,14H,5-8,10-11H2,1H3,(H,18,23)(H,19,24). The van der Waals surface area contributed by atoms with Crippen LogP contribution in [-0.4, -0.2) is 66.9 Å². The first kappa shape index (κ1) is 16.3. The van der Waals surface area contributed by atoms with Crippen LogP contribution in [0.15, 0.2) is 24.3 Å². The van der Waals surface area contributed by atoms with E-state index in [1.807, 2.05) is 23.1 Å². The van der Waals surface area contributed by atoms with E-state index < -0.39 is 0 Å². The number of benzene rings is 1. The van der Waals surface area contributed by atoms with Gasteiger partial charge in [0, 0.05) is 45.2 Å². The summed E-state index contributed by atoms with van der Waals surface area (Å²) in [6.07, 6.45) is 1.01. The molecule has 0 aromatic heterocycles. The Morgan fingerprint density at radius 2 is 2.17 bits per heavy atom. The largest absolute Gasteiger partial charge is 0.355 e. The molecule has 0 radical (unpaired) electrons. The number of piperazine rings is 1. The van der Waals surface area contributed by atoms with Gasteiger partial charge >= 0.3 is 6.03 Å². The Hall–Kier alpha value is -2.57. The van der Waals surface area contributed by atoms with E-state index in [0.717, 1.165) is 5.56 Å². The van der Waals surface area contributed by atoms with Crippen molar-refractivity contribution in [1.82, 2.24) is 20.4 Å². The number of amides is 4. The maximum absolute atomic E-state index is 12.4. The molecule has 2 fully saturated rings. The monoisotopic (exact) mass is 330 g/mol. The van der Waals surface area contributed by atoms with E-state index in [1.54, 1.807) is 18.0 Å². The average Bonchev–Trinajstić information content (AvgIpc) is 2.99. The van der Waals surface area contributed by atoms with Crippen molar-refractivity contribution in [2.45, 2.75) is 18.9 Å². The molecule has 128 valence electrons. The Bertz CT molecular complexity index is 661. The predicted molar refractivity (Wildman–Crippen MR) is 88.6 cm³/mol. The molecule has 0 bridgehead atoms. The van der Waals surface area contributed by atoms with Gasteiger partial charge in [0.25, 0.3) is 5.91 Å². The van der Waals surface area contributed by atoms with Crippen LogP contribution in [-0.2, 0) is 11.2 Å². The summed E-state index contributed by atoms with van der Waals surface area (Å²) in [7, 11) is 1.60. The van der Waals surface area contributed by atoms with Gasteiger partial charge in [-0.3, -0.25) is 9.59 Å². The zero-order valence-corrected chi connectivity index (χ0v) is 13.7. The molecule has 1 atom stereocenters.